The number of hydrogen-bond acceptors (Lipinski definition) is 6. The third-order valence-corrected chi connectivity index (χ3v) is 3.03. The van der Waals surface area contributed by atoms with Gasteiger partial charge in [0.2, 0.25) is 5.89 Å². The van der Waals surface area contributed by atoms with Gasteiger partial charge in [0.15, 0.2) is 5.82 Å². The lowest BCUT2D eigenvalue weighted by Crippen LogP contribution is -2.30. The van der Waals surface area contributed by atoms with Crippen molar-refractivity contribution in [3.8, 4) is 0 Å². The van der Waals surface area contributed by atoms with Crippen molar-refractivity contribution in [3.63, 3.8) is 0 Å². The van der Waals surface area contributed by atoms with Crippen LogP contribution in [0.1, 0.15) is 32.0 Å². The van der Waals surface area contributed by atoms with E-state index in [1.165, 1.54) is 12.2 Å². The Hall–Kier alpha value is -0.590. The van der Waals surface area contributed by atoms with Crippen LogP contribution in [-0.4, -0.2) is 40.6 Å². The second kappa shape index (κ2) is 6.37. The summed E-state index contributed by atoms with van der Waals surface area (Å²) in [5.41, 5.74) is 5.36. The van der Waals surface area contributed by atoms with E-state index in [-0.39, 0.29) is 0 Å². The lowest BCUT2D eigenvalue weighted by atomic mass is 10.1. The van der Waals surface area contributed by atoms with Gasteiger partial charge in [-0.25, -0.2) is 0 Å². The van der Waals surface area contributed by atoms with Crippen molar-refractivity contribution in [3.05, 3.63) is 11.7 Å². The van der Waals surface area contributed by atoms with Crippen LogP contribution in [0.25, 0.3) is 0 Å². The fourth-order valence-corrected chi connectivity index (χ4v) is 1.79. The maximum absolute atomic E-state index is 5.90. The molecule has 0 aliphatic heterocycles. The zero-order valence-corrected chi connectivity index (χ0v) is 11.9. The minimum Gasteiger partial charge on any atom is -0.338 e. The molecule has 1 aromatic heterocycles. The van der Waals surface area contributed by atoms with E-state index < -0.39 is 5.54 Å². The number of hydrogen-bond donors (Lipinski definition) is 1. The van der Waals surface area contributed by atoms with Gasteiger partial charge in [0.05, 0.1) is 12.1 Å². The molecule has 0 saturated carbocycles. The molecule has 0 unspecified atom stereocenters. The summed E-state index contributed by atoms with van der Waals surface area (Å²) in [7, 11) is 2.05. The van der Waals surface area contributed by atoms with E-state index in [2.05, 4.69) is 28.3 Å². The van der Waals surface area contributed by atoms with Crippen molar-refractivity contribution in [1.29, 1.82) is 0 Å². The predicted molar refractivity (Wildman–Crippen MR) is 70.8 cm³/mol. The highest BCUT2D eigenvalue weighted by molar-refractivity contribution is 7.98. The standard InChI is InChI=1S/C11H22N4OS/c1-11(2,12)10-13-9(16-14-10)8-15(3)6-5-7-17-4/h5-8,12H2,1-4H3. The predicted octanol–water partition coefficient (Wildman–Crippen LogP) is 1.45. The van der Waals surface area contributed by atoms with Gasteiger partial charge in [-0.3, -0.25) is 4.90 Å². The number of aromatic nitrogens is 2. The number of thioether (sulfide) groups is 1. The fourth-order valence-electron chi connectivity index (χ4n) is 1.37. The smallest absolute Gasteiger partial charge is 0.240 e. The molecule has 0 fully saturated rings. The molecular formula is C11H22N4OS. The molecular weight excluding hydrogens is 236 g/mol. The van der Waals surface area contributed by atoms with Gasteiger partial charge >= 0.3 is 0 Å². The third-order valence-electron chi connectivity index (χ3n) is 2.34. The monoisotopic (exact) mass is 258 g/mol. The Labute approximate surface area is 107 Å². The molecule has 0 aliphatic rings. The fraction of sp³-hybridized carbons (Fsp3) is 0.818. The SMILES string of the molecule is CSCCCN(C)Cc1nc(C(C)(C)N)no1. The Morgan fingerprint density at radius 2 is 2.18 bits per heavy atom. The van der Waals surface area contributed by atoms with E-state index in [1.807, 2.05) is 25.6 Å². The van der Waals surface area contributed by atoms with Crippen molar-refractivity contribution >= 4 is 11.8 Å². The highest BCUT2D eigenvalue weighted by atomic mass is 32.2. The van der Waals surface area contributed by atoms with Crippen LogP contribution in [0, 0.1) is 0 Å². The summed E-state index contributed by atoms with van der Waals surface area (Å²) < 4.78 is 5.18. The van der Waals surface area contributed by atoms with E-state index in [1.54, 1.807) is 0 Å². The van der Waals surface area contributed by atoms with E-state index >= 15 is 0 Å². The number of nitrogens with two attached hydrogens (primary N) is 1. The minimum atomic E-state index is -0.542. The highest BCUT2D eigenvalue weighted by Crippen LogP contribution is 2.13. The molecule has 2 N–H and O–H groups in total. The maximum atomic E-state index is 5.90. The van der Waals surface area contributed by atoms with Gasteiger partial charge in [-0.15, -0.1) is 0 Å². The summed E-state index contributed by atoms with van der Waals surface area (Å²) in [6.07, 6.45) is 3.29. The Balaban J connectivity index is 2.43. The molecule has 5 nitrogen and oxygen atoms in total. The summed E-state index contributed by atoms with van der Waals surface area (Å²) in [4.78, 5) is 6.48. The summed E-state index contributed by atoms with van der Waals surface area (Å²) in [6, 6.07) is 0. The average Bonchev–Trinajstić information content (AvgIpc) is 2.66. The molecule has 98 valence electrons. The molecule has 1 rings (SSSR count). The van der Waals surface area contributed by atoms with Crippen LogP contribution in [0.15, 0.2) is 4.52 Å². The Morgan fingerprint density at radius 1 is 1.47 bits per heavy atom. The van der Waals surface area contributed by atoms with Crippen molar-refractivity contribution in [2.24, 2.45) is 5.73 Å². The Kier molecular flexibility index (Phi) is 5.42. The average molecular weight is 258 g/mol. The zero-order valence-electron chi connectivity index (χ0n) is 11.1. The van der Waals surface area contributed by atoms with Gasteiger partial charge in [0, 0.05) is 0 Å². The molecule has 0 radical (unpaired) electrons. The van der Waals surface area contributed by atoms with Gasteiger partial charge in [-0.05, 0) is 45.9 Å². The molecule has 0 aromatic carbocycles. The molecule has 0 bridgehead atoms. The molecule has 1 heterocycles. The third kappa shape index (κ3) is 5.06. The lowest BCUT2D eigenvalue weighted by Gasteiger charge is -2.13. The highest BCUT2D eigenvalue weighted by Gasteiger charge is 2.21. The van der Waals surface area contributed by atoms with Crippen LogP contribution in [0.5, 0.6) is 0 Å². The van der Waals surface area contributed by atoms with Crippen molar-refractivity contribution in [2.45, 2.75) is 32.4 Å². The zero-order chi connectivity index (χ0) is 12.9. The normalized spacial score (nSPS) is 12.4. The molecule has 0 amide bonds. The maximum Gasteiger partial charge on any atom is 0.240 e. The van der Waals surface area contributed by atoms with Crippen LogP contribution < -0.4 is 5.73 Å². The van der Waals surface area contributed by atoms with Crippen LogP contribution in [-0.2, 0) is 12.1 Å². The molecule has 1 aromatic rings. The quantitative estimate of drug-likeness (QED) is 0.747. The van der Waals surface area contributed by atoms with E-state index in [4.69, 9.17) is 10.3 Å². The minimum absolute atomic E-state index is 0.542. The molecule has 0 aliphatic carbocycles. The molecule has 6 heteroatoms. The Morgan fingerprint density at radius 3 is 2.71 bits per heavy atom. The largest absolute Gasteiger partial charge is 0.338 e. The van der Waals surface area contributed by atoms with E-state index in [0.29, 0.717) is 18.3 Å². The summed E-state index contributed by atoms with van der Waals surface area (Å²) >= 11 is 1.86. The molecule has 17 heavy (non-hydrogen) atoms. The van der Waals surface area contributed by atoms with Gasteiger partial charge in [0.1, 0.15) is 0 Å². The number of nitrogens with zero attached hydrogens (tertiary/aromatic N) is 3. The van der Waals surface area contributed by atoms with Gasteiger partial charge in [-0.1, -0.05) is 5.16 Å². The molecule has 0 atom stereocenters. The second-order valence-corrected chi connectivity index (χ2v) is 5.80. The first kappa shape index (κ1) is 14.5. The topological polar surface area (TPSA) is 68.2 Å². The lowest BCUT2D eigenvalue weighted by molar-refractivity contribution is 0.266. The second-order valence-electron chi connectivity index (χ2n) is 4.82. The van der Waals surface area contributed by atoms with Crippen LogP contribution in [0.3, 0.4) is 0 Å². The first-order valence-corrected chi connectivity index (χ1v) is 7.12. The van der Waals surface area contributed by atoms with E-state index in [0.717, 1.165) is 6.54 Å². The summed E-state index contributed by atoms with van der Waals surface area (Å²) in [5.74, 6) is 2.37. The van der Waals surface area contributed by atoms with Crippen LogP contribution in [0.2, 0.25) is 0 Å². The molecule has 0 spiro atoms. The first-order valence-electron chi connectivity index (χ1n) is 5.73. The summed E-state index contributed by atoms with van der Waals surface area (Å²) in [5, 5.41) is 3.90. The summed E-state index contributed by atoms with van der Waals surface area (Å²) in [6.45, 7) is 5.44. The van der Waals surface area contributed by atoms with Crippen LogP contribution >= 0.6 is 11.8 Å². The van der Waals surface area contributed by atoms with Gasteiger partial charge in [0.25, 0.3) is 0 Å². The van der Waals surface area contributed by atoms with E-state index in [9.17, 15) is 0 Å². The van der Waals surface area contributed by atoms with Crippen molar-refractivity contribution < 1.29 is 4.52 Å². The van der Waals surface area contributed by atoms with Gasteiger partial charge in [-0.2, -0.15) is 16.7 Å². The molecule has 0 saturated heterocycles. The first-order chi connectivity index (χ1) is 7.93. The van der Waals surface area contributed by atoms with Crippen LogP contribution in [0.4, 0.5) is 0 Å². The van der Waals surface area contributed by atoms with Gasteiger partial charge < -0.3 is 10.3 Å². The number of rotatable bonds is 7. The van der Waals surface area contributed by atoms with Crippen molar-refractivity contribution in [1.82, 2.24) is 15.0 Å². The Bertz CT molecular complexity index is 334. The van der Waals surface area contributed by atoms with Crippen molar-refractivity contribution in [2.75, 3.05) is 25.6 Å².